The molecule has 9 nitrogen and oxygen atoms in total. The van der Waals surface area contributed by atoms with Crippen LogP contribution in [0.25, 0.3) is 0 Å². The van der Waals surface area contributed by atoms with Gasteiger partial charge in [-0.25, -0.2) is 13.8 Å². The molecule has 0 unspecified atom stereocenters. The Balaban J connectivity index is 1.79. The number of carbonyl (C=O) groups is 1. The molecule has 0 aliphatic carbocycles. The molecule has 0 fully saturated rings. The summed E-state index contributed by atoms with van der Waals surface area (Å²) in [6.07, 6.45) is 1.23. The molecule has 0 atom stereocenters. The van der Waals surface area contributed by atoms with Crippen LogP contribution >= 0.6 is 11.6 Å². The number of halogens is 1. The molecule has 1 amide bonds. The highest BCUT2D eigenvalue weighted by atomic mass is 35.5. The number of amides is 1. The third kappa shape index (κ3) is 5.68. The second-order valence-corrected chi connectivity index (χ2v) is 8.75. The van der Waals surface area contributed by atoms with Crippen LogP contribution in [0.3, 0.4) is 0 Å². The fraction of sp³-hybridized carbons (Fsp3) is 0.0476. The van der Waals surface area contributed by atoms with Crippen molar-refractivity contribution in [3.63, 3.8) is 0 Å². The number of sulfonamides is 1. The van der Waals surface area contributed by atoms with Gasteiger partial charge in [-0.2, -0.15) is 5.10 Å². The number of non-ortho nitro benzene ring substituents is 1. The zero-order valence-electron chi connectivity index (χ0n) is 16.5. The van der Waals surface area contributed by atoms with Crippen molar-refractivity contribution >= 4 is 45.1 Å². The number of nitrogens with one attached hydrogen (secondary N) is 1. The summed E-state index contributed by atoms with van der Waals surface area (Å²) >= 11 is 5.85. The van der Waals surface area contributed by atoms with Crippen LogP contribution in [-0.2, 0) is 14.8 Å². The molecule has 164 valence electrons. The Bertz CT molecular complexity index is 1250. The second-order valence-electron chi connectivity index (χ2n) is 6.45. The Morgan fingerprint density at radius 2 is 1.75 bits per heavy atom. The standard InChI is InChI=1S/C21H17ClN4O5S/c22-17-9-11-20(12-10-17)32(30,31)25(18-6-2-1-3-7-18)15-21(27)24-23-14-16-5-4-8-19(13-16)26(28)29/h1-14H,15H2,(H,24,27)/b23-14-. The molecule has 0 aliphatic rings. The van der Waals surface area contributed by atoms with Crippen molar-refractivity contribution < 1.29 is 18.1 Å². The number of rotatable bonds is 8. The van der Waals surface area contributed by atoms with E-state index in [1.165, 1.54) is 48.7 Å². The van der Waals surface area contributed by atoms with Crippen LogP contribution in [0.4, 0.5) is 11.4 Å². The third-order valence-electron chi connectivity index (χ3n) is 4.22. The number of hydrogen-bond acceptors (Lipinski definition) is 6. The first-order valence-corrected chi connectivity index (χ1v) is 11.0. The van der Waals surface area contributed by atoms with Crippen LogP contribution < -0.4 is 9.73 Å². The molecule has 0 saturated carbocycles. The zero-order chi connectivity index (χ0) is 23.1. The van der Waals surface area contributed by atoms with Crippen molar-refractivity contribution in [1.82, 2.24) is 5.43 Å². The number of benzene rings is 3. The fourth-order valence-corrected chi connectivity index (χ4v) is 4.25. The summed E-state index contributed by atoms with van der Waals surface area (Å²) < 4.78 is 27.3. The Labute approximate surface area is 189 Å². The van der Waals surface area contributed by atoms with Crippen LogP contribution in [0.15, 0.2) is 88.9 Å². The lowest BCUT2D eigenvalue weighted by Crippen LogP contribution is -2.39. The van der Waals surface area contributed by atoms with Gasteiger partial charge in [0.2, 0.25) is 0 Å². The van der Waals surface area contributed by atoms with Crippen molar-refractivity contribution in [2.24, 2.45) is 5.10 Å². The van der Waals surface area contributed by atoms with E-state index in [4.69, 9.17) is 11.6 Å². The second kappa shape index (κ2) is 10.0. The van der Waals surface area contributed by atoms with Gasteiger partial charge in [0.1, 0.15) is 6.54 Å². The first kappa shape index (κ1) is 22.9. The Kier molecular flexibility index (Phi) is 7.18. The minimum Gasteiger partial charge on any atom is -0.271 e. The average molecular weight is 473 g/mol. The lowest BCUT2D eigenvalue weighted by Gasteiger charge is -2.23. The van der Waals surface area contributed by atoms with Gasteiger partial charge in [0.15, 0.2) is 0 Å². The molecule has 3 rings (SSSR count). The van der Waals surface area contributed by atoms with Crippen LogP contribution in [0.1, 0.15) is 5.56 Å². The van der Waals surface area contributed by atoms with Crippen LogP contribution in [0, 0.1) is 10.1 Å². The third-order valence-corrected chi connectivity index (χ3v) is 6.26. The number of hydrazone groups is 1. The van der Waals surface area contributed by atoms with Gasteiger partial charge in [-0.05, 0) is 36.4 Å². The molecule has 0 aliphatic heterocycles. The number of nitro groups is 1. The van der Waals surface area contributed by atoms with E-state index in [9.17, 15) is 23.3 Å². The van der Waals surface area contributed by atoms with Gasteiger partial charge < -0.3 is 0 Å². The normalized spacial score (nSPS) is 11.3. The Morgan fingerprint density at radius 1 is 1.06 bits per heavy atom. The minimum atomic E-state index is -4.07. The summed E-state index contributed by atoms with van der Waals surface area (Å²) in [5.41, 5.74) is 2.81. The molecule has 11 heteroatoms. The first-order valence-electron chi connectivity index (χ1n) is 9.17. The van der Waals surface area contributed by atoms with E-state index in [-0.39, 0.29) is 10.6 Å². The summed E-state index contributed by atoms with van der Waals surface area (Å²) in [6, 6.07) is 19.4. The maximum Gasteiger partial charge on any atom is 0.270 e. The molecule has 32 heavy (non-hydrogen) atoms. The molecule has 0 spiro atoms. The van der Waals surface area contributed by atoms with E-state index < -0.39 is 27.4 Å². The average Bonchev–Trinajstić information content (AvgIpc) is 2.78. The number of nitro benzene ring substituents is 1. The van der Waals surface area contributed by atoms with Crippen LogP contribution in [0.2, 0.25) is 5.02 Å². The Morgan fingerprint density at radius 3 is 2.41 bits per heavy atom. The van der Waals surface area contributed by atoms with Gasteiger partial charge in [-0.3, -0.25) is 19.2 Å². The number of anilines is 1. The molecule has 0 radical (unpaired) electrons. The molecular weight excluding hydrogens is 456 g/mol. The number of para-hydroxylation sites is 1. The van der Waals surface area contributed by atoms with Gasteiger partial charge >= 0.3 is 0 Å². The molecule has 1 N–H and O–H groups in total. The lowest BCUT2D eigenvalue weighted by molar-refractivity contribution is -0.384. The monoisotopic (exact) mass is 472 g/mol. The maximum absolute atomic E-state index is 13.2. The maximum atomic E-state index is 13.2. The highest BCUT2D eigenvalue weighted by Crippen LogP contribution is 2.24. The van der Waals surface area contributed by atoms with Crippen molar-refractivity contribution in [1.29, 1.82) is 0 Å². The minimum absolute atomic E-state index is 0.0290. The van der Waals surface area contributed by atoms with E-state index in [2.05, 4.69) is 10.5 Å². The molecule has 3 aromatic carbocycles. The van der Waals surface area contributed by atoms with E-state index in [0.717, 1.165) is 4.31 Å². The summed E-state index contributed by atoms with van der Waals surface area (Å²) in [7, 11) is -4.07. The predicted molar refractivity (Wildman–Crippen MR) is 121 cm³/mol. The summed E-state index contributed by atoms with van der Waals surface area (Å²) in [4.78, 5) is 22.7. The van der Waals surface area contributed by atoms with E-state index in [1.807, 2.05) is 0 Å². The van der Waals surface area contributed by atoms with Crippen molar-refractivity contribution in [2.45, 2.75) is 4.90 Å². The van der Waals surface area contributed by atoms with Gasteiger partial charge in [-0.15, -0.1) is 0 Å². The smallest absolute Gasteiger partial charge is 0.270 e. The van der Waals surface area contributed by atoms with Crippen molar-refractivity contribution in [2.75, 3.05) is 10.8 Å². The largest absolute Gasteiger partial charge is 0.271 e. The molecular formula is C21H17ClN4O5S. The van der Waals surface area contributed by atoms with Gasteiger partial charge in [0, 0.05) is 22.7 Å². The number of carbonyl (C=O) groups excluding carboxylic acids is 1. The van der Waals surface area contributed by atoms with Gasteiger partial charge in [-0.1, -0.05) is 41.9 Å². The molecule has 0 bridgehead atoms. The Hall–Kier alpha value is -3.76. The molecule has 0 aromatic heterocycles. The molecule has 0 heterocycles. The lowest BCUT2D eigenvalue weighted by atomic mass is 10.2. The molecule has 3 aromatic rings. The van der Waals surface area contributed by atoms with E-state index >= 15 is 0 Å². The van der Waals surface area contributed by atoms with Gasteiger partial charge in [0.05, 0.1) is 21.7 Å². The SMILES string of the molecule is O=C(CN(c1ccccc1)S(=O)(=O)c1ccc(Cl)cc1)N/N=C\c1cccc([N+](=O)[O-])c1. The predicted octanol–water partition coefficient (Wildman–Crippen LogP) is 3.59. The fourth-order valence-electron chi connectivity index (χ4n) is 2.71. The summed E-state index contributed by atoms with van der Waals surface area (Å²) in [5.74, 6) is -0.701. The first-order chi connectivity index (χ1) is 15.3. The van der Waals surface area contributed by atoms with E-state index in [1.54, 1.807) is 36.4 Å². The highest BCUT2D eigenvalue weighted by molar-refractivity contribution is 7.92. The highest BCUT2D eigenvalue weighted by Gasteiger charge is 2.27. The summed E-state index contributed by atoms with van der Waals surface area (Å²) in [6.45, 7) is -0.540. The van der Waals surface area contributed by atoms with Crippen LogP contribution in [-0.4, -0.2) is 32.0 Å². The topological polar surface area (TPSA) is 122 Å². The van der Waals surface area contributed by atoms with Crippen LogP contribution in [0.5, 0.6) is 0 Å². The van der Waals surface area contributed by atoms with Gasteiger partial charge in [0.25, 0.3) is 21.6 Å². The quantitative estimate of drug-likeness (QED) is 0.305. The molecule has 0 saturated heterocycles. The summed E-state index contributed by atoms with van der Waals surface area (Å²) in [5, 5.41) is 15.0. The van der Waals surface area contributed by atoms with Crippen molar-refractivity contribution in [3.8, 4) is 0 Å². The van der Waals surface area contributed by atoms with E-state index in [0.29, 0.717) is 16.3 Å². The zero-order valence-corrected chi connectivity index (χ0v) is 18.0. The number of hydrogen-bond donors (Lipinski definition) is 1. The van der Waals surface area contributed by atoms with Crippen molar-refractivity contribution in [3.05, 3.63) is 99.6 Å². The number of nitrogens with zero attached hydrogens (tertiary/aromatic N) is 3.